The van der Waals surface area contributed by atoms with Crippen LogP contribution >= 0.6 is 11.8 Å². The third-order valence-corrected chi connectivity index (χ3v) is 4.59. The van der Waals surface area contributed by atoms with Crippen molar-refractivity contribution in [3.63, 3.8) is 0 Å². The van der Waals surface area contributed by atoms with Crippen molar-refractivity contribution in [3.8, 4) is 11.4 Å². The van der Waals surface area contributed by atoms with Gasteiger partial charge in [-0.1, -0.05) is 43.0 Å². The highest BCUT2D eigenvalue weighted by molar-refractivity contribution is 7.99. The normalized spacial score (nSPS) is 12.2. The van der Waals surface area contributed by atoms with Crippen molar-refractivity contribution in [3.05, 3.63) is 29.8 Å². The zero-order valence-corrected chi connectivity index (χ0v) is 14.3. The number of carbonyl (C=O) groups is 1. The van der Waals surface area contributed by atoms with Gasteiger partial charge < -0.3 is 9.88 Å². The second-order valence-corrected chi connectivity index (χ2v) is 6.29. The molecule has 1 aromatic heterocycles. The highest BCUT2D eigenvalue weighted by Gasteiger charge is 2.14. The van der Waals surface area contributed by atoms with Gasteiger partial charge in [0.05, 0.1) is 5.75 Å². The van der Waals surface area contributed by atoms with Crippen LogP contribution in [0.15, 0.2) is 29.4 Å². The van der Waals surface area contributed by atoms with E-state index in [0.717, 1.165) is 28.5 Å². The maximum atomic E-state index is 11.8. The molecule has 5 nitrogen and oxygen atoms in total. The summed E-state index contributed by atoms with van der Waals surface area (Å²) < 4.78 is 1.93. The van der Waals surface area contributed by atoms with Crippen molar-refractivity contribution in [2.45, 2.75) is 38.4 Å². The van der Waals surface area contributed by atoms with E-state index in [4.69, 9.17) is 0 Å². The molecule has 1 N–H and O–H groups in total. The molecule has 0 fully saturated rings. The zero-order valence-electron chi connectivity index (χ0n) is 13.5. The minimum absolute atomic E-state index is 0.0276. The van der Waals surface area contributed by atoms with Gasteiger partial charge in [-0.15, -0.1) is 10.2 Å². The summed E-state index contributed by atoms with van der Waals surface area (Å²) >= 11 is 1.41. The number of rotatable bonds is 6. The number of carbonyl (C=O) groups excluding carboxylic acids is 1. The summed E-state index contributed by atoms with van der Waals surface area (Å²) in [5, 5.41) is 12.2. The first kappa shape index (κ1) is 16.5. The molecular weight excluding hydrogens is 296 g/mol. The molecule has 1 atom stereocenters. The minimum Gasteiger partial charge on any atom is -0.353 e. The molecule has 0 spiro atoms. The number of amides is 1. The molecule has 1 amide bonds. The van der Waals surface area contributed by atoms with Crippen molar-refractivity contribution >= 4 is 17.7 Å². The summed E-state index contributed by atoms with van der Waals surface area (Å²) in [6, 6.07) is 8.28. The van der Waals surface area contributed by atoms with Gasteiger partial charge >= 0.3 is 0 Å². The van der Waals surface area contributed by atoms with Gasteiger partial charge in [-0.3, -0.25) is 4.79 Å². The average Bonchev–Trinajstić information content (AvgIpc) is 2.86. The number of benzene rings is 1. The monoisotopic (exact) mass is 318 g/mol. The van der Waals surface area contributed by atoms with Crippen LogP contribution in [0.5, 0.6) is 0 Å². The van der Waals surface area contributed by atoms with Crippen LogP contribution in [0, 0.1) is 6.92 Å². The van der Waals surface area contributed by atoms with Gasteiger partial charge in [0.1, 0.15) is 0 Å². The molecule has 2 rings (SSSR count). The molecule has 0 aliphatic carbocycles. The average molecular weight is 318 g/mol. The fourth-order valence-corrected chi connectivity index (χ4v) is 2.77. The molecule has 0 bridgehead atoms. The summed E-state index contributed by atoms with van der Waals surface area (Å²) in [6.07, 6.45) is 0.928. The lowest BCUT2D eigenvalue weighted by Gasteiger charge is -2.10. The number of hydrogen-bond acceptors (Lipinski definition) is 4. The first-order chi connectivity index (χ1) is 10.5. The fraction of sp³-hybridized carbons (Fsp3) is 0.438. The predicted octanol–water partition coefficient (Wildman–Crippen LogP) is 2.80. The Morgan fingerprint density at radius 2 is 2.09 bits per heavy atom. The van der Waals surface area contributed by atoms with Crippen molar-refractivity contribution < 1.29 is 4.79 Å². The molecule has 2 aromatic rings. The lowest BCUT2D eigenvalue weighted by Crippen LogP contribution is -2.33. The predicted molar refractivity (Wildman–Crippen MR) is 89.8 cm³/mol. The SMILES string of the molecule is CC[C@H](C)NC(=O)CSc1nnc(-c2ccccc2C)n1C. The Balaban J connectivity index is 2.06. The zero-order chi connectivity index (χ0) is 16.1. The maximum Gasteiger partial charge on any atom is 0.230 e. The van der Waals surface area contributed by atoms with Gasteiger partial charge in [-0.05, 0) is 25.8 Å². The lowest BCUT2D eigenvalue weighted by atomic mass is 10.1. The molecule has 1 heterocycles. The van der Waals surface area contributed by atoms with E-state index in [2.05, 4.69) is 35.4 Å². The third kappa shape index (κ3) is 3.88. The molecule has 118 valence electrons. The Hall–Kier alpha value is -1.82. The highest BCUT2D eigenvalue weighted by atomic mass is 32.2. The van der Waals surface area contributed by atoms with Crippen LogP contribution in [-0.2, 0) is 11.8 Å². The van der Waals surface area contributed by atoms with Crippen LogP contribution in [0.2, 0.25) is 0 Å². The molecule has 0 aliphatic rings. The number of thioether (sulfide) groups is 1. The summed E-state index contributed by atoms with van der Waals surface area (Å²) in [5.74, 6) is 1.20. The van der Waals surface area contributed by atoms with E-state index in [1.54, 1.807) is 0 Å². The molecule has 0 saturated carbocycles. The van der Waals surface area contributed by atoms with Gasteiger partial charge in [0.25, 0.3) is 0 Å². The third-order valence-electron chi connectivity index (χ3n) is 3.57. The van der Waals surface area contributed by atoms with Gasteiger partial charge in [0.15, 0.2) is 11.0 Å². The van der Waals surface area contributed by atoms with Crippen LogP contribution in [0.25, 0.3) is 11.4 Å². The number of aryl methyl sites for hydroxylation is 1. The van der Waals surface area contributed by atoms with E-state index >= 15 is 0 Å². The number of nitrogens with zero attached hydrogens (tertiary/aromatic N) is 3. The maximum absolute atomic E-state index is 11.8. The van der Waals surface area contributed by atoms with Crippen LogP contribution in [-0.4, -0.2) is 32.5 Å². The molecule has 22 heavy (non-hydrogen) atoms. The molecule has 1 aromatic carbocycles. The lowest BCUT2D eigenvalue weighted by molar-refractivity contribution is -0.119. The van der Waals surface area contributed by atoms with E-state index in [-0.39, 0.29) is 11.9 Å². The topological polar surface area (TPSA) is 59.8 Å². The van der Waals surface area contributed by atoms with Crippen LogP contribution in [0.3, 0.4) is 0 Å². The molecule has 0 radical (unpaired) electrons. The van der Waals surface area contributed by atoms with Crippen LogP contribution < -0.4 is 5.32 Å². The summed E-state index contributed by atoms with van der Waals surface area (Å²) in [4.78, 5) is 11.8. The first-order valence-electron chi connectivity index (χ1n) is 7.40. The number of nitrogens with one attached hydrogen (secondary N) is 1. The largest absolute Gasteiger partial charge is 0.353 e. The molecular formula is C16H22N4OS. The Labute approximate surface area is 135 Å². The van der Waals surface area contributed by atoms with E-state index < -0.39 is 0 Å². The molecule has 0 aliphatic heterocycles. The van der Waals surface area contributed by atoms with Gasteiger partial charge in [0, 0.05) is 18.7 Å². The van der Waals surface area contributed by atoms with E-state index in [1.807, 2.05) is 36.7 Å². The van der Waals surface area contributed by atoms with E-state index in [1.165, 1.54) is 11.8 Å². The van der Waals surface area contributed by atoms with Crippen LogP contribution in [0.1, 0.15) is 25.8 Å². The van der Waals surface area contributed by atoms with Gasteiger partial charge in [-0.25, -0.2) is 0 Å². The van der Waals surface area contributed by atoms with Crippen molar-refractivity contribution in [2.75, 3.05) is 5.75 Å². The fourth-order valence-electron chi connectivity index (χ4n) is 2.05. The second-order valence-electron chi connectivity index (χ2n) is 5.35. The quantitative estimate of drug-likeness (QED) is 0.832. The van der Waals surface area contributed by atoms with Crippen molar-refractivity contribution in [2.24, 2.45) is 7.05 Å². The Morgan fingerprint density at radius 1 is 1.36 bits per heavy atom. The summed E-state index contributed by atoms with van der Waals surface area (Å²) in [5.41, 5.74) is 2.22. The Morgan fingerprint density at radius 3 is 2.77 bits per heavy atom. The Kier molecular flexibility index (Phi) is 5.60. The first-order valence-corrected chi connectivity index (χ1v) is 8.39. The van der Waals surface area contributed by atoms with Crippen molar-refractivity contribution in [1.82, 2.24) is 20.1 Å². The molecule has 6 heteroatoms. The Bertz CT molecular complexity index is 653. The number of aromatic nitrogens is 3. The standard InChI is InChI=1S/C16H22N4OS/c1-5-12(3)17-14(21)10-22-16-19-18-15(20(16)4)13-9-7-6-8-11(13)2/h6-9,12H,5,10H2,1-4H3,(H,17,21)/t12-/m0/s1. The molecule has 0 unspecified atom stereocenters. The van der Waals surface area contributed by atoms with E-state index in [9.17, 15) is 4.79 Å². The van der Waals surface area contributed by atoms with Crippen molar-refractivity contribution in [1.29, 1.82) is 0 Å². The minimum atomic E-state index is 0.0276. The highest BCUT2D eigenvalue weighted by Crippen LogP contribution is 2.24. The van der Waals surface area contributed by atoms with E-state index in [0.29, 0.717) is 5.75 Å². The van der Waals surface area contributed by atoms with Crippen LogP contribution in [0.4, 0.5) is 0 Å². The summed E-state index contributed by atoms with van der Waals surface area (Å²) in [7, 11) is 1.93. The second kappa shape index (κ2) is 7.45. The number of hydrogen-bond donors (Lipinski definition) is 1. The smallest absolute Gasteiger partial charge is 0.230 e. The molecule has 0 saturated heterocycles. The summed E-state index contributed by atoms with van der Waals surface area (Å²) in [6.45, 7) is 6.10. The van der Waals surface area contributed by atoms with Gasteiger partial charge in [0.2, 0.25) is 5.91 Å². The van der Waals surface area contributed by atoms with Gasteiger partial charge in [-0.2, -0.15) is 0 Å².